The number of carboxylic acid groups (broad SMARTS) is 1. The standard InChI is InChI=1S/C18H18ClNO4S/c19-13-3-1-2-12(10-13)18(6-8-24-9-7-18)11-20-16(21)14-4-5-15(25-14)17(22)23/h1-5,10H,6-9,11H2,(H,20,21)(H,22,23). The highest BCUT2D eigenvalue weighted by Crippen LogP contribution is 2.35. The summed E-state index contributed by atoms with van der Waals surface area (Å²) in [4.78, 5) is 23.9. The van der Waals surface area contributed by atoms with E-state index in [2.05, 4.69) is 5.32 Å². The number of nitrogens with one attached hydrogen (secondary N) is 1. The van der Waals surface area contributed by atoms with E-state index in [9.17, 15) is 9.59 Å². The van der Waals surface area contributed by atoms with Gasteiger partial charge in [0, 0.05) is 30.2 Å². The van der Waals surface area contributed by atoms with Gasteiger partial charge in [-0.1, -0.05) is 23.7 Å². The highest BCUT2D eigenvalue weighted by molar-refractivity contribution is 7.15. The molecule has 0 unspecified atom stereocenters. The van der Waals surface area contributed by atoms with Crippen molar-refractivity contribution >= 4 is 34.8 Å². The molecule has 0 atom stereocenters. The minimum absolute atomic E-state index is 0.153. The number of hydrogen-bond acceptors (Lipinski definition) is 4. The zero-order valence-corrected chi connectivity index (χ0v) is 15.0. The van der Waals surface area contributed by atoms with Crippen LogP contribution >= 0.6 is 22.9 Å². The third kappa shape index (κ3) is 4.03. The van der Waals surface area contributed by atoms with Crippen LogP contribution in [0.5, 0.6) is 0 Å². The summed E-state index contributed by atoms with van der Waals surface area (Å²) >= 11 is 7.12. The average molecular weight is 380 g/mol. The molecule has 2 N–H and O–H groups in total. The Balaban J connectivity index is 1.76. The number of hydrogen-bond donors (Lipinski definition) is 2. The van der Waals surface area contributed by atoms with E-state index in [-0.39, 0.29) is 16.2 Å². The van der Waals surface area contributed by atoms with E-state index < -0.39 is 5.97 Å². The molecule has 2 aromatic rings. The number of halogens is 1. The molecule has 132 valence electrons. The molecule has 3 rings (SSSR count). The van der Waals surface area contributed by atoms with Crippen molar-refractivity contribution in [2.24, 2.45) is 0 Å². The normalized spacial score (nSPS) is 16.4. The first-order chi connectivity index (χ1) is 12.0. The maximum absolute atomic E-state index is 12.4. The third-order valence-corrected chi connectivity index (χ3v) is 5.82. The molecule has 0 bridgehead atoms. The number of carbonyl (C=O) groups excluding carboxylic acids is 1. The Kier molecular flexibility index (Phi) is 5.42. The molecule has 7 heteroatoms. The number of ether oxygens (including phenoxy) is 1. The molecule has 5 nitrogen and oxygen atoms in total. The van der Waals surface area contributed by atoms with Gasteiger partial charge in [-0.25, -0.2) is 4.79 Å². The predicted octanol–water partition coefficient (Wildman–Crippen LogP) is 3.58. The minimum Gasteiger partial charge on any atom is -0.477 e. The molecule has 1 aliphatic rings. The molecule has 1 aromatic carbocycles. The Morgan fingerprint density at radius 1 is 1.20 bits per heavy atom. The molecule has 0 radical (unpaired) electrons. The van der Waals surface area contributed by atoms with Crippen molar-refractivity contribution in [3.63, 3.8) is 0 Å². The van der Waals surface area contributed by atoms with E-state index in [1.165, 1.54) is 6.07 Å². The van der Waals surface area contributed by atoms with Gasteiger partial charge in [-0.2, -0.15) is 0 Å². The van der Waals surface area contributed by atoms with Crippen molar-refractivity contribution in [1.82, 2.24) is 5.32 Å². The van der Waals surface area contributed by atoms with Crippen LogP contribution in [0.15, 0.2) is 36.4 Å². The number of benzene rings is 1. The molecule has 1 amide bonds. The molecule has 1 aliphatic heterocycles. The largest absolute Gasteiger partial charge is 0.477 e. The summed E-state index contributed by atoms with van der Waals surface area (Å²) in [6, 6.07) is 10.7. The summed E-state index contributed by atoms with van der Waals surface area (Å²) in [7, 11) is 0. The Labute approximate surface area is 154 Å². The van der Waals surface area contributed by atoms with E-state index >= 15 is 0 Å². The fourth-order valence-electron chi connectivity index (χ4n) is 3.06. The second-order valence-electron chi connectivity index (χ2n) is 6.05. The van der Waals surface area contributed by atoms with Gasteiger partial charge >= 0.3 is 5.97 Å². The molecule has 0 spiro atoms. The van der Waals surface area contributed by atoms with Gasteiger partial charge in [-0.3, -0.25) is 4.79 Å². The van der Waals surface area contributed by atoms with Gasteiger partial charge in [-0.15, -0.1) is 11.3 Å². The number of carboxylic acids is 1. The second-order valence-corrected chi connectivity index (χ2v) is 7.57. The zero-order valence-electron chi connectivity index (χ0n) is 13.5. The van der Waals surface area contributed by atoms with E-state index in [4.69, 9.17) is 21.4 Å². The number of aromatic carboxylic acids is 1. The van der Waals surface area contributed by atoms with Gasteiger partial charge in [0.2, 0.25) is 0 Å². The summed E-state index contributed by atoms with van der Waals surface area (Å²) in [6.07, 6.45) is 1.58. The Bertz CT molecular complexity index is 783. The Morgan fingerprint density at radius 3 is 2.56 bits per heavy atom. The van der Waals surface area contributed by atoms with Crippen LogP contribution in [0.1, 0.15) is 37.7 Å². The fourth-order valence-corrected chi connectivity index (χ4v) is 4.01. The van der Waals surface area contributed by atoms with Gasteiger partial charge < -0.3 is 15.2 Å². The van der Waals surface area contributed by atoms with Gasteiger partial charge in [0.1, 0.15) is 4.88 Å². The topological polar surface area (TPSA) is 75.6 Å². The molecule has 25 heavy (non-hydrogen) atoms. The predicted molar refractivity (Wildman–Crippen MR) is 96.8 cm³/mol. The van der Waals surface area contributed by atoms with Crippen LogP contribution in [0.3, 0.4) is 0 Å². The maximum atomic E-state index is 12.4. The van der Waals surface area contributed by atoms with Crippen molar-refractivity contribution in [1.29, 1.82) is 0 Å². The molecule has 2 heterocycles. The Hall–Kier alpha value is -1.89. The van der Waals surface area contributed by atoms with E-state index in [0.717, 1.165) is 29.7 Å². The number of thiophene rings is 1. The molecule has 1 fully saturated rings. The lowest BCUT2D eigenvalue weighted by Crippen LogP contribution is -2.44. The SMILES string of the molecule is O=C(O)c1ccc(C(=O)NCC2(c3cccc(Cl)c3)CCOCC2)s1. The summed E-state index contributed by atoms with van der Waals surface area (Å²) in [5, 5.41) is 12.6. The number of rotatable bonds is 5. The highest BCUT2D eigenvalue weighted by Gasteiger charge is 2.35. The zero-order chi connectivity index (χ0) is 17.9. The monoisotopic (exact) mass is 379 g/mol. The summed E-state index contributed by atoms with van der Waals surface area (Å²) in [5.74, 6) is -1.28. The fraction of sp³-hybridized carbons (Fsp3) is 0.333. The molecule has 1 aromatic heterocycles. The van der Waals surface area contributed by atoms with E-state index in [1.807, 2.05) is 24.3 Å². The van der Waals surface area contributed by atoms with Crippen LogP contribution in [0.2, 0.25) is 5.02 Å². The van der Waals surface area contributed by atoms with Crippen molar-refractivity contribution < 1.29 is 19.4 Å². The molecule has 0 saturated carbocycles. The van der Waals surface area contributed by atoms with Crippen molar-refractivity contribution in [3.05, 3.63) is 56.7 Å². The van der Waals surface area contributed by atoms with Crippen LogP contribution in [0, 0.1) is 0 Å². The van der Waals surface area contributed by atoms with Gasteiger partial charge in [0.05, 0.1) is 4.88 Å². The number of amides is 1. The van der Waals surface area contributed by atoms with Crippen molar-refractivity contribution in [2.45, 2.75) is 18.3 Å². The molecular weight excluding hydrogens is 362 g/mol. The molecule has 0 aliphatic carbocycles. The summed E-state index contributed by atoms with van der Waals surface area (Å²) in [6.45, 7) is 1.71. The quantitative estimate of drug-likeness (QED) is 0.832. The minimum atomic E-state index is -1.02. The second kappa shape index (κ2) is 7.56. The Morgan fingerprint density at radius 2 is 1.92 bits per heavy atom. The van der Waals surface area contributed by atoms with Crippen LogP contribution in [0.25, 0.3) is 0 Å². The van der Waals surface area contributed by atoms with Gasteiger partial charge in [-0.05, 0) is 42.7 Å². The van der Waals surface area contributed by atoms with Crippen LogP contribution in [-0.4, -0.2) is 36.7 Å². The van der Waals surface area contributed by atoms with Crippen LogP contribution in [0.4, 0.5) is 0 Å². The first kappa shape index (κ1) is 17.9. The van der Waals surface area contributed by atoms with Crippen molar-refractivity contribution in [3.8, 4) is 0 Å². The lowest BCUT2D eigenvalue weighted by atomic mass is 9.74. The lowest BCUT2D eigenvalue weighted by molar-refractivity contribution is 0.0487. The highest BCUT2D eigenvalue weighted by atomic mass is 35.5. The van der Waals surface area contributed by atoms with Crippen molar-refractivity contribution in [2.75, 3.05) is 19.8 Å². The molecular formula is C18H18ClNO4S. The third-order valence-electron chi connectivity index (χ3n) is 4.51. The number of carbonyl (C=O) groups is 2. The smallest absolute Gasteiger partial charge is 0.345 e. The first-order valence-corrected chi connectivity index (χ1v) is 9.15. The summed E-state index contributed by atoms with van der Waals surface area (Å²) in [5.41, 5.74) is 0.854. The van der Waals surface area contributed by atoms with Gasteiger partial charge in [0.15, 0.2) is 0 Å². The van der Waals surface area contributed by atoms with E-state index in [0.29, 0.717) is 29.7 Å². The van der Waals surface area contributed by atoms with Crippen LogP contribution < -0.4 is 5.32 Å². The molecule has 1 saturated heterocycles. The lowest BCUT2D eigenvalue weighted by Gasteiger charge is -2.38. The summed E-state index contributed by atoms with van der Waals surface area (Å²) < 4.78 is 5.49. The van der Waals surface area contributed by atoms with Crippen LogP contribution in [-0.2, 0) is 10.2 Å². The maximum Gasteiger partial charge on any atom is 0.345 e. The van der Waals surface area contributed by atoms with E-state index in [1.54, 1.807) is 6.07 Å². The van der Waals surface area contributed by atoms with Gasteiger partial charge in [0.25, 0.3) is 5.91 Å². The first-order valence-electron chi connectivity index (χ1n) is 7.95. The average Bonchev–Trinajstić information content (AvgIpc) is 3.11.